The van der Waals surface area contributed by atoms with Gasteiger partial charge in [-0.2, -0.15) is 0 Å². The molecular weight excluding hydrogens is 720 g/mol. The zero-order valence-electron chi connectivity index (χ0n) is 21.9. The minimum Gasteiger partial charge on any atom is -0.358 e. The Bertz CT molecular complexity index is 451. The van der Waals surface area contributed by atoms with Crippen molar-refractivity contribution in [1.29, 1.82) is 0 Å². The van der Waals surface area contributed by atoms with Gasteiger partial charge < -0.3 is 29.7 Å². The van der Waals surface area contributed by atoms with Gasteiger partial charge in [-0.1, -0.05) is 133 Å². The molecule has 3 aromatic carbocycles. The Balaban J connectivity index is -0.0000000283. The van der Waals surface area contributed by atoms with Crippen LogP contribution >= 0.6 is 0 Å². The van der Waals surface area contributed by atoms with Crippen LogP contribution in [-0.2, 0) is 42.1 Å². The molecule has 0 aliphatic heterocycles. The van der Waals surface area contributed by atoms with Crippen molar-refractivity contribution >= 4 is 21.0 Å². The van der Waals surface area contributed by atoms with E-state index in [1.54, 1.807) is 0 Å². The SMILES string of the molecule is CC.CC.CC.C[SiH3].[CH3-].[CH3-].[CH3-].[CH3-].[W+2].[W+2].c1ccc2ccccc2c1.c1ccccc1. The number of hydrogen-bond acceptors (Lipinski definition) is 0. The smallest absolute Gasteiger partial charge is 0.358 e. The third-order valence-corrected chi connectivity index (χ3v) is 2.33. The molecule has 0 unspecified atom stereocenters. The Morgan fingerprint density at radius 1 is 0.367 bits per heavy atom. The van der Waals surface area contributed by atoms with E-state index >= 15 is 0 Å². The molecule has 3 rings (SSSR count). The second kappa shape index (κ2) is 56.7. The molecule has 0 aromatic heterocycles. The van der Waals surface area contributed by atoms with Crippen molar-refractivity contribution < 1.29 is 42.1 Å². The number of fused-ring (bicyclic) bond motifs is 1. The standard InChI is InChI=1S/C10H8.C6H6.3C2H6.CH6Si.4CH3.2W/c1-2-6-10-8-4-3-7-9(10)5-1;1-2-4-6-5-3-1;4*1-2;;;;;;/h1-8H;1-6H;4*1-2H3;4*1H3;;/q;;;;;;4*-1;2*+2. The summed E-state index contributed by atoms with van der Waals surface area (Å²) >= 11 is 0. The summed E-state index contributed by atoms with van der Waals surface area (Å²) in [6, 6.07) is 28.7. The van der Waals surface area contributed by atoms with Crippen molar-refractivity contribution in [2.24, 2.45) is 0 Å². The molecule has 0 heterocycles. The molecule has 0 spiro atoms. The molecule has 3 heteroatoms. The molecule has 3 aromatic rings. The van der Waals surface area contributed by atoms with Gasteiger partial charge in [0.2, 0.25) is 0 Å². The van der Waals surface area contributed by atoms with Crippen molar-refractivity contribution in [3.63, 3.8) is 0 Å². The van der Waals surface area contributed by atoms with Gasteiger partial charge in [-0.15, -0.1) is 0 Å². The van der Waals surface area contributed by atoms with Crippen LogP contribution in [0.15, 0.2) is 84.9 Å². The molecule has 174 valence electrons. The van der Waals surface area contributed by atoms with Crippen molar-refractivity contribution in [2.45, 2.75) is 48.1 Å². The normalized spacial score (nSPS) is 5.83. The molecule has 0 N–H and O–H groups in total. The van der Waals surface area contributed by atoms with Crippen LogP contribution in [0.2, 0.25) is 6.55 Å². The van der Waals surface area contributed by atoms with Crippen LogP contribution < -0.4 is 0 Å². The zero-order chi connectivity index (χ0) is 19.1. The summed E-state index contributed by atoms with van der Waals surface area (Å²) in [4.78, 5) is 0. The predicted molar refractivity (Wildman–Crippen MR) is 146 cm³/mol. The van der Waals surface area contributed by atoms with Crippen molar-refractivity contribution in [1.82, 2.24) is 0 Å². The first kappa shape index (κ1) is 57.0. The number of hydrogen-bond donors (Lipinski definition) is 0. The van der Waals surface area contributed by atoms with Crippen LogP contribution in [0.25, 0.3) is 10.8 Å². The van der Waals surface area contributed by atoms with E-state index in [0.717, 1.165) is 0 Å². The summed E-state index contributed by atoms with van der Waals surface area (Å²) in [7, 11) is 1.31. The zero-order valence-corrected chi connectivity index (χ0v) is 29.8. The molecule has 30 heavy (non-hydrogen) atoms. The Morgan fingerprint density at radius 2 is 0.500 bits per heavy atom. The maximum Gasteiger partial charge on any atom is 2.00 e. The largest absolute Gasteiger partial charge is 2.00 e. The fourth-order valence-electron chi connectivity index (χ4n) is 1.52. The van der Waals surface area contributed by atoms with Crippen LogP contribution in [-0.4, -0.2) is 10.2 Å². The van der Waals surface area contributed by atoms with Gasteiger partial charge >= 0.3 is 42.1 Å². The minimum absolute atomic E-state index is 0. The van der Waals surface area contributed by atoms with E-state index < -0.39 is 0 Å². The summed E-state index contributed by atoms with van der Waals surface area (Å²) < 4.78 is 0. The Hall–Kier alpha value is -0.486. The molecule has 0 aliphatic rings. The molecule has 0 radical (unpaired) electrons. The van der Waals surface area contributed by atoms with Crippen LogP contribution in [0.4, 0.5) is 0 Å². The quantitative estimate of drug-likeness (QED) is 0.159. The average molecular weight is 770 g/mol. The van der Waals surface area contributed by atoms with Gasteiger partial charge in [0.25, 0.3) is 0 Å². The predicted octanol–water partition coefficient (Wildman–Crippen LogP) is 8.80. The van der Waals surface area contributed by atoms with Gasteiger partial charge in [0, 0.05) is 0 Å². The molecule has 0 amide bonds. The first-order valence-corrected chi connectivity index (χ1v) is 11.4. The first-order valence-electron chi connectivity index (χ1n) is 9.40. The topological polar surface area (TPSA) is 0 Å². The summed E-state index contributed by atoms with van der Waals surface area (Å²) in [5, 5.41) is 2.62. The fraction of sp³-hybridized carbons (Fsp3) is 0.259. The molecule has 0 bridgehead atoms. The Morgan fingerprint density at radius 3 is 0.633 bits per heavy atom. The molecule has 0 saturated heterocycles. The van der Waals surface area contributed by atoms with Crippen LogP contribution in [0.1, 0.15) is 41.5 Å². The third kappa shape index (κ3) is 35.0. The Labute approximate surface area is 224 Å². The molecule has 0 aliphatic carbocycles. The molecule has 0 atom stereocenters. The van der Waals surface area contributed by atoms with Crippen LogP contribution in [0, 0.1) is 29.7 Å². The van der Waals surface area contributed by atoms with Gasteiger partial charge in [0.15, 0.2) is 0 Å². The summed E-state index contributed by atoms with van der Waals surface area (Å²) in [6.07, 6.45) is 0. The second-order valence-corrected chi connectivity index (χ2v) is 3.50. The van der Waals surface area contributed by atoms with Crippen LogP contribution in [0.3, 0.4) is 0 Å². The number of benzene rings is 3. The monoisotopic (exact) mass is 770 g/mol. The molecular formula is C27H50SiW2. The van der Waals surface area contributed by atoms with E-state index in [1.165, 1.54) is 21.0 Å². The van der Waals surface area contributed by atoms with E-state index in [9.17, 15) is 0 Å². The van der Waals surface area contributed by atoms with E-state index in [-0.39, 0.29) is 71.8 Å². The second-order valence-electron chi connectivity index (χ2n) is 3.50. The van der Waals surface area contributed by atoms with E-state index in [4.69, 9.17) is 0 Å². The van der Waals surface area contributed by atoms with Gasteiger partial charge in [-0.3, -0.25) is 0 Å². The fourth-order valence-corrected chi connectivity index (χ4v) is 1.52. The van der Waals surface area contributed by atoms with Crippen molar-refractivity contribution in [2.75, 3.05) is 0 Å². The van der Waals surface area contributed by atoms with Gasteiger partial charge in [0.05, 0.1) is 0 Å². The minimum atomic E-state index is 0. The summed E-state index contributed by atoms with van der Waals surface area (Å²) in [5.41, 5.74) is 0. The van der Waals surface area contributed by atoms with Crippen molar-refractivity contribution in [3.05, 3.63) is 115 Å². The van der Waals surface area contributed by atoms with Crippen LogP contribution in [0.5, 0.6) is 0 Å². The van der Waals surface area contributed by atoms with E-state index in [0.29, 0.717) is 0 Å². The first-order chi connectivity index (χ1) is 12.0. The van der Waals surface area contributed by atoms with Crippen molar-refractivity contribution in [3.8, 4) is 0 Å². The van der Waals surface area contributed by atoms with Gasteiger partial charge in [-0.05, 0) is 21.0 Å². The number of rotatable bonds is 0. The average Bonchev–Trinajstić information content (AvgIpc) is 2.76. The summed E-state index contributed by atoms with van der Waals surface area (Å²) in [6.45, 7) is 14.1. The van der Waals surface area contributed by atoms with Gasteiger partial charge in [0.1, 0.15) is 0 Å². The summed E-state index contributed by atoms with van der Waals surface area (Å²) in [5.74, 6) is 0. The van der Waals surface area contributed by atoms with E-state index in [1.807, 2.05) is 77.9 Å². The maximum atomic E-state index is 2.14. The third-order valence-electron chi connectivity index (χ3n) is 2.33. The molecule has 0 nitrogen and oxygen atoms in total. The van der Waals surface area contributed by atoms with Gasteiger partial charge in [-0.25, -0.2) is 0 Å². The molecule has 0 fully saturated rings. The van der Waals surface area contributed by atoms with E-state index in [2.05, 4.69) is 55.1 Å². The Kier molecular flexibility index (Phi) is 108. The molecule has 0 saturated carbocycles. The maximum absolute atomic E-state index is 2.14.